The molecule has 5 atom stereocenters. The third kappa shape index (κ3) is 3.46. The molecule has 1 aliphatic heterocycles. The van der Waals surface area contributed by atoms with Crippen LogP contribution in [0.25, 0.3) is 11.2 Å². The summed E-state index contributed by atoms with van der Waals surface area (Å²) in [7, 11) is 0. The number of fused-ring (bicyclic) bond motifs is 1. The second-order valence-corrected chi connectivity index (χ2v) is 6.36. The van der Waals surface area contributed by atoms with Crippen LogP contribution in [0.5, 0.6) is 0 Å². The summed E-state index contributed by atoms with van der Waals surface area (Å²) >= 11 is 0. The van der Waals surface area contributed by atoms with Gasteiger partial charge < -0.3 is 31.5 Å². The molecule has 0 aliphatic carbocycles. The first-order chi connectivity index (χ1) is 12.4. The van der Waals surface area contributed by atoms with Crippen molar-refractivity contribution in [3.63, 3.8) is 0 Å². The summed E-state index contributed by atoms with van der Waals surface area (Å²) in [6.07, 6.45) is 1.04. The molecule has 3 rings (SSSR count). The standard InChI is InChI=1S/C15H22N6O5/c16-7(15(24)25)3-1-2-4-8-10(22)11(23)14(26-8)21-6-20-9-12(17)18-5-19-13(9)21/h5-8,10-11,14,22-23H,1-4,16H2,(H,24,25)(H2,17,18,19)/t7-,8+,10+,11+,14+/m0/s1. The van der Waals surface area contributed by atoms with Crippen LogP contribution in [-0.4, -0.2) is 65.2 Å². The van der Waals surface area contributed by atoms with Gasteiger partial charge >= 0.3 is 5.97 Å². The van der Waals surface area contributed by atoms with Crippen molar-refractivity contribution >= 4 is 23.0 Å². The number of carboxylic acid groups (broad SMARTS) is 1. The topological polar surface area (TPSA) is 183 Å². The lowest BCUT2D eigenvalue weighted by atomic mass is 10.0. The van der Waals surface area contributed by atoms with E-state index in [1.165, 1.54) is 17.2 Å². The Balaban J connectivity index is 1.64. The molecule has 2 aromatic heterocycles. The van der Waals surface area contributed by atoms with E-state index in [1.807, 2.05) is 0 Å². The monoisotopic (exact) mass is 366 g/mol. The summed E-state index contributed by atoms with van der Waals surface area (Å²) in [6, 6.07) is -0.898. The number of unbranched alkanes of at least 4 members (excludes halogenated alkanes) is 1. The molecule has 142 valence electrons. The molecule has 0 aromatic carbocycles. The van der Waals surface area contributed by atoms with Gasteiger partial charge in [0.2, 0.25) is 0 Å². The van der Waals surface area contributed by atoms with Gasteiger partial charge in [0.25, 0.3) is 0 Å². The van der Waals surface area contributed by atoms with Gasteiger partial charge in [-0.3, -0.25) is 9.36 Å². The Labute approximate surface area is 148 Å². The molecule has 11 heteroatoms. The summed E-state index contributed by atoms with van der Waals surface area (Å²) in [5, 5.41) is 29.4. The van der Waals surface area contributed by atoms with E-state index in [-0.39, 0.29) is 5.82 Å². The second kappa shape index (κ2) is 7.50. The smallest absolute Gasteiger partial charge is 0.320 e. The molecule has 1 fully saturated rings. The Kier molecular flexibility index (Phi) is 5.32. The van der Waals surface area contributed by atoms with Crippen LogP contribution in [0, 0.1) is 0 Å². The largest absolute Gasteiger partial charge is 0.480 e. The minimum absolute atomic E-state index is 0.216. The van der Waals surface area contributed by atoms with Crippen molar-refractivity contribution < 1.29 is 24.9 Å². The lowest BCUT2D eigenvalue weighted by molar-refractivity contribution is -0.138. The van der Waals surface area contributed by atoms with Gasteiger partial charge in [0.1, 0.15) is 30.1 Å². The van der Waals surface area contributed by atoms with Gasteiger partial charge in [0.05, 0.1) is 12.4 Å². The third-order valence-electron chi connectivity index (χ3n) is 4.57. The number of imidazole rings is 1. The number of anilines is 1. The Morgan fingerprint density at radius 3 is 2.77 bits per heavy atom. The van der Waals surface area contributed by atoms with Crippen LogP contribution in [0.3, 0.4) is 0 Å². The number of nitrogens with zero attached hydrogens (tertiary/aromatic N) is 4. The van der Waals surface area contributed by atoms with E-state index in [2.05, 4.69) is 15.0 Å². The van der Waals surface area contributed by atoms with Crippen LogP contribution in [0.2, 0.25) is 0 Å². The molecule has 0 bridgehead atoms. The van der Waals surface area contributed by atoms with E-state index in [4.69, 9.17) is 21.3 Å². The second-order valence-electron chi connectivity index (χ2n) is 6.36. The average Bonchev–Trinajstić information content (AvgIpc) is 3.15. The number of rotatable bonds is 7. The van der Waals surface area contributed by atoms with Crippen LogP contribution in [-0.2, 0) is 9.53 Å². The van der Waals surface area contributed by atoms with Crippen LogP contribution in [0.4, 0.5) is 5.82 Å². The minimum atomic E-state index is -1.16. The summed E-state index contributed by atoms with van der Waals surface area (Å²) in [6.45, 7) is 0. The van der Waals surface area contributed by atoms with Crippen LogP contribution in [0.15, 0.2) is 12.7 Å². The molecular formula is C15H22N6O5. The lowest BCUT2D eigenvalue weighted by Gasteiger charge is -2.16. The zero-order valence-electron chi connectivity index (χ0n) is 14.0. The number of aliphatic hydroxyl groups excluding tert-OH is 2. The van der Waals surface area contributed by atoms with Crippen LogP contribution >= 0.6 is 0 Å². The van der Waals surface area contributed by atoms with Crippen molar-refractivity contribution in [1.29, 1.82) is 0 Å². The van der Waals surface area contributed by atoms with Crippen LogP contribution in [0.1, 0.15) is 31.9 Å². The highest BCUT2D eigenvalue weighted by atomic mass is 16.6. The molecule has 1 aliphatic rings. The van der Waals surface area contributed by atoms with Gasteiger partial charge in [-0.05, 0) is 12.8 Å². The SMILES string of the molecule is Nc1ncnc2c1ncn2[C@@H]1O[C@H](CCCC[C@H](N)C(=O)O)[C@@H](O)[C@H]1O. The van der Waals surface area contributed by atoms with E-state index in [1.54, 1.807) is 0 Å². The number of aliphatic hydroxyl groups is 2. The average molecular weight is 366 g/mol. The highest BCUT2D eigenvalue weighted by Crippen LogP contribution is 2.33. The molecule has 0 amide bonds. The third-order valence-corrected chi connectivity index (χ3v) is 4.57. The maximum absolute atomic E-state index is 10.7. The number of aromatic nitrogens is 4. The molecule has 26 heavy (non-hydrogen) atoms. The number of aliphatic carboxylic acids is 1. The van der Waals surface area contributed by atoms with E-state index in [0.717, 1.165) is 0 Å². The number of carbonyl (C=O) groups is 1. The predicted octanol–water partition coefficient (Wildman–Crippen LogP) is -1.000. The maximum atomic E-state index is 10.7. The van der Waals surface area contributed by atoms with Gasteiger partial charge in [-0.25, -0.2) is 15.0 Å². The van der Waals surface area contributed by atoms with E-state index >= 15 is 0 Å². The molecule has 0 saturated carbocycles. The molecule has 3 heterocycles. The number of nitrogen functional groups attached to an aromatic ring is 1. The molecule has 0 unspecified atom stereocenters. The molecule has 11 nitrogen and oxygen atoms in total. The number of nitrogens with two attached hydrogens (primary N) is 2. The zero-order valence-corrected chi connectivity index (χ0v) is 14.0. The highest BCUT2D eigenvalue weighted by Gasteiger charge is 2.43. The Bertz CT molecular complexity index is 783. The van der Waals surface area contributed by atoms with Crippen molar-refractivity contribution in [2.45, 2.75) is 56.3 Å². The number of carboxylic acids is 1. The Morgan fingerprint density at radius 2 is 2.04 bits per heavy atom. The van der Waals surface area contributed by atoms with Crippen LogP contribution < -0.4 is 11.5 Å². The normalized spacial score (nSPS) is 27.0. The summed E-state index contributed by atoms with van der Waals surface area (Å²) in [5.74, 6) is -0.820. The van der Waals surface area contributed by atoms with Crippen molar-refractivity contribution in [2.24, 2.45) is 5.73 Å². The number of hydrogen-bond donors (Lipinski definition) is 5. The molecule has 0 spiro atoms. The van der Waals surface area contributed by atoms with E-state index < -0.39 is 36.6 Å². The van der Waals surface area contributed by atoms with Crippen molar-refractivity contribution in [2.75, 3.05) is 5.73 Å². The van der Waals surface area contributed by atoms with E-state index in [0.29, 0.717) is 36.8 Å². The fourth-order valence-corrected chi connectivity index (χ4v) is 3.09. The zero-order chi connectivity index (χ0) is 18.8. The first-order valence-electron chi connectivity index (χ1n) is 8.33. The van der Waals surface area contributed by atoms with Crippen molar-refractivity contribution in [3.8, 4) is 0 Å². The van der Waals surface area contributed by atoms with Gasteiger partial charge in [-0.15, -0.1) is 0 Å². The summed E-state index contributed by atoms with van der Waals surface area (Å²) in [5.41, 5.74) is 12.0. The fraction of sp³-hybridized carbons (Fsp3) is 0.600. The summed E-state index contributed by atoms with van der Waals surface area (Å²) in [4.78, 5) is 22.8. The summed E-state index contributed by atoms with van der Waals surface area (Å²) < 4.78 is 7.32. The number of hydrogen-bond acceptors (Lipinski definition) is 9. The lowest BCUT2D eigenvalue weighted by Crippen LogP contribution is -2.32. The Morgan fingerprint density at radius 1 is 1.27 bits per heavy atom. The van der Waals surface area contributed by atoms with Crippen molar-refractivity contribution in [3.05, 3.63) is 12.7 Å². The molecule has 0 radical (unpaired) electrons. The fourth-order valence-electron chi connectivity index (χ4n) is 3.09. The first kappa shape index (κ1) is 18.5. The Hall–Kier alpha value is -2.34. The molecule has 2 aromatic rings. The molecular weight excluding hydrogens is 344 g/mol. The minimum Gasteiger partial charge on any atom is -0.480 e. The molecule has 1 saturated heterocycles. The van der Waals surface area contributed by atoms with Gasteiger partial charge in [0, 0.05) is 0 Å². The first-order valence-corrected chi connectivity index (χ1v) is 8.33. The van der Waals surface area contributed by atoms with Gasteiger partial charge in [0.15, 0.2) is 17.7 Å². The number of ether oxygens (including phenoxy) is 1. The van der Waals surface area contributed by atoms with Gasteiger partial charge in [-0.1, -0.05) is 12.8 Å². The maximum Gasteiger partial charge on any atom is 0.320 e. The highest BCUT2D eigenvalue weighted by molar-refractivity contribution is 5.81. The quantitative estimate of drug-likeness (QED) is 0.381. The molecule has 7 N–H and O–H groups in total. The van der Waals surface area contributed by atoms with E-state index in [9.17, 15) is 15.0 Å². The predicted molar refractivity (Wildman–Crippen MR) is 89.7 cm³/mol. The van der Waals surface area contributed by atoms with Crippen molar-refractivity contribution in [1.82, 2.24) is 19.5 Å². The van der Waals surface area contributed by atoms with Gasteiger partial charge in [-0.2, -0.15) is 0 Å².